The van der Waals surface area contributed by atoms with Crippen LogP contribution in [0.1, 0.15) is 15.9 Å². The second kappa shape index (κ2) is 5.23. The second-order valence-corrected chi connectivity index (χ2v) is 5.13. The molecular formula is C15H11ClN2O4. The summed E-state index contributed by atoms with van der Waals surface area (Å²) >= 11 is 6.09. The van der Waals surface area contributed by atoms with Crippen LogP contribution in [-0.4, -0.2) is 25.4 Å². The third kappa shape index (κ3) is 2.14. The Kier molecular flexibility index (Phi) is 3.38. The van der Waals surface area contributed by atoms with E-state index in [0.717, 1.165) is 0 Å². The second-order valence-electron chi connectivity index (χ2n) is 4.72. The van der Waals surface area contributed by atoms with Crippen molar-refractivity contribution in [1.82, 2.24) is 9.20 Å². The average Bonchev–Trinajstić information content (AvgIpc) is 2.94. The third-order valence-electron chi connectivity index (χ3n) is 3.41. The van der Waals surface area contributed by atoms with Crippen molar-refractivity contribution < 1.29 is 15.0 Å². The molecule has 0 atom stereocenters. The van der Waals surface area contributed by atoms with Crippen LogP contribution in [0.15, 0.2) is 47.4 Å². The highest BCUT2D eigenvalue weighted by Gasteiger charge is 2.22. The molecule has 6 nitrogen and oxygen atoms in total. The molecule has 0 aliphatic heterocycles. The number of carboxylic acid groups (broad SMARTS) is 1. The van der Waals surface area contributed by atoms with Crippen LogP contribution >= 0.6 is 11.6 Å². The zero-order chi connectivity index (χ0) is 15.9. The van der Waals surface area contributed by atoms with Crippen molar-refractivity contribution in [2.75, 3.05) is 0 Å². The molecule has 2 aromatic heterocycles. The number of hydrogen-bond donors (Lipinski definition) is 2. The van der Waals surface area contributed by atoms with E-state index in [-0.39, 0.29) is 12.1 Å². The van der Waals surface area contributed by atoms with Gasteiger partial charge in [0, 0.05) is 11.2 Å². The van der Waals surface area contributed by atoms with Gasteiger partial charge < -0.3 is 10.2 Å². The number of aromatic nitrogens is 2. The molecule has 0 saturated heterocycles. The van der Waals surface area contributed by atoms with E-state index in [2.05, 4.69) is 0 Å². The molecule has 7 heteroatoms. The predicted molar refractivity (Wildman–Crippen MR) is 80.8 cm³/mol. The van der Waals surface area contributed by atoms with Crippen molar-refractivity contribution in [3.8, 4) is 5.75 Å². The fourth-order valence-corrected chi connectivity index (χ4v) is 2.55. The molecular weight excluding hydrogens is 308 g/mol. The van der Waals surface area contributed by atoms with Gasteiger partial charge in [-0.3, -0.25) is 9.31 Å². The molecule has 0 radical (unpaired) electrons. The van der Waals surface area contributed by atoms with Gasteiger partial charge in [-0.25, -0.2) is 9.48 Å². The minimum absolute atomic E-state index is 0.0875. The summed E-state index contributed by atoms with van der Waals surface area (Å²) < 4.78 is 2.63. The number of halogens is 1. The van der Waals surface area contributed by atoms with E-state index in [9.17, 15) is 19.8 Å². The van der Waals surface area contributed by atoms with Crippen molar-refractivity contribution in [2.45, 2.75) is 6.54 Å². The lowest BCUT2D eigenvalue weighted by molar-refractivity contribution is 0.0690. The highest BCUT2D eigenvalue weighted by Crippen LogP contribution is 2.22. The van der Waals surface area contributed by atoms with Gasteiger partial charge in [-0.15, -0.1) is 0 Å². The summed E-state index contributed by atoms with van der Waals surface area (Å²) in [5.41, 5.74) is -0.542. The van der Waals surface area contributed by atoms with Crippen LogP contribution < -0.4 is 5.56 Å². The minimum Gasteiger partial charge on any atom is -0.505 e. The van der Waals surface area contributed by atoms with Crippen LogP contribution in [-0.2, 0) is 6.54 Å². The van der Waals surface area contributed by atoms with E-state index in [1.807, 2.05) is 0 Å². The Balaban J connectivity index is 2.30. The maximum atomic E-state index is 12.4. The van der Waals surface area contributed by atoms with Crippen LogP contribution in [0.25, 0.3) is 5.52 Å². The fraction of sp³-hybridized carbons (Fsp3) is 0.0667. The Morgan fingerprint density at radius 1 is 1.18 bits per heavy atom. The maximum absolute atomic E-state index is 12.4. The lowest BCUT2D eigenvalue weighted by atomic mass is 10.2. The SMILES string of the molecule is O=C(O)c1c(O)c2cccn2n(Cc2ccccc2Cl)c1=O. The van der Waals surface area contributed by atoms with Crippen LogP contribution in [0.4, 0.5) is 0 Å². The lowest BCUT2D eigenvalue weighted by Crippen LogP contribution is -2.31. The summed E-state index contributed by atoms with van der Waals surface area (Å²) in [7, 11) is 0. The first-order valence-electron chi connectivity index (χ1n) is 6.40. The molecule has 22 heavy (non-hydrogen) atoms. The molecule has 3 aromatic rings. The summed E-state index contributed by atoms with van der Waals surface area (Å²) in [5.74, 6) is -2.02. The van der Waals surface area contributed by atoms with Gasteiger partial charge >= 0.3 is 5.97 Å². The normalized spacial score (nSPS) is 11.0. The molecule has 3 rings (SSSR count). The number of hydrogen-bond acceptors (Lipinski definition) is 3. The molecule has 0 saturated carbocycles. The zero-order valence-electron chi connectivity index (χ0n) is 11.2. The number of fused-ring (bicyclic) bond motifs is 1. The Bertz CT molecular complexity index is 942. The Morgan fingerprint density at radius 2 is 1.91 bits per heavy atom. The highest BCUT2D eigenvalue weighted by atomic mass is 35.5. The number of benzene rings is 1. The first-order chi connectivity index (χ1) is 10.5. The summed E-state index contributed by atoms with van der Waals surface area (Å²) in [6.07, 6.45) is 1.57. The quantitative estimate of drug-likeness (QED) is 0.775. The molecule has 2 heterocycles. The molecule has 2 N–H and O–H groups in total. The zero-order valence-corrected chi connectivity index (χ0v) is 12.0. The van der Waals surface area contributed by atoms with Gasteiger partial charge in [0.1, 0.15) is 5.52 Å². The van der Waals surface area contributed by atoms with Crippen LogP contribution in [0, 0.1) is 0 Å². The van der Waals surface area contributed by atoms with Crippen molar-refractivity contribution in [3.05, 3.63) is 69.1 Å². The van der Waals surface area contributed by atoms with Crippen molar-refractivity contribution in [3.63, 3.8) is 0 Å². The fourth-order valence-electron chi connectivity index (χ4n) is 2.36. The van der Waals surface area contributed by atoms with E-state index in [0.29, 0.717) is 10.6 Å². The monoisotopic (exact) mass is 318 g/mol. The highest BCUT2D eigenvalue weighted by molar-refractivity contribution is 6.31. The first kappa shape index (κ1) is 14.2. The Hall–Kier alpha value is -2.73. The number of rotatable bonds is 3. The van der Waals surface area contributed by atoms with Crippen LogP contribution in [0.5, 0.6) is 5.75 Å². The maximum Gasteiger partial charge on any atom is 0.345 e. The van der Waals surface area contributed by atoms with Gasteiger partial charge in [0.2, 0.25) is 0 Å². The summed E-state index contributed by atoms with van der Waals surface area (Å²) in [4.78, 5) is 23.7. The van der Waals surface area contributed by atoms with E-state index in [4.69, 9.17) is 11.6 Å². The van der Waals surface area contributed by atoms with E-state index in [1.54, 1.807) is 36.5 Å². The summed E-state index contributed by atoms with van der Waals surface area (Å²) in [5, 5.41) is 19.6. The van der Waals surface area contributed by atoms with Crippen LogP contribution in [0.2, 0.25) is 5.02 Å². The molecule has 112 valence electrons. The number of aromatic carboxylic acids is 1. The largest absolute Gasteiger partial charge is 0.505 e. The van der Waals surface area contributed by atoms with Gasteiger partial charge in [0.15, 0.2) is 11.3 Å². The van der Waals surface area contributed by atoms with Gasteiger partial charge in [-0.2, -0.15) is 0 Å². The molecule has 0 amide bonds. The molecule has 1 aromatic carbocycles. The van der Waals surface area contributed by atoms with Gasteiger partial charge in [-0.05, 0) is 23.8 Å². The lowest BCUT2D eigenvalue weighted by Gasteiger charge is -2.13. The standard InChI is InChI=1S/C15H11ClN2O4/c16-10-5-2-1-4-9(10)8-18-14(20)12(15(21)22)13(19)11-6-3-7-17(11)18/h1-7,19H,8H2,(H,21,22). The van der Waals surface area contributed by atoms with Crippen LogP contribution in [0.3, 0.4) is 0 Å². The van der Waals surface area contributed by atoms with Gasteiger partial charge in [0.25, 0.3) is 5.56 Å². The summed E-state index contributed by atoms with van der Waals surface area (Å²) in [6, 6.07) is 10.1. The topological polar surface area (TPSA) is 83.9 Å². The predicted octanol–water partition coefficient (Wildman–Crippen LogP) is 2.21. The summed E-state index contributed by atoms with van der Waals surface area (Å²) in [6.45, 7) is 0.0875. The number of aromatic hydroxyl groups is 1. The number of nitrogens with zero attached hydrogens (tertiary/aromatic N) is 2. The van der Waals surface area contributed by atoms with Crippen molar-refractivity contribution in [1.29, 1.82) is 0 Å². The third-order valence-corrected chi connectivity index (χ3v) is 3.78. The average molecular weight is 319 g/mol. The first-order valence-corrected chi connectivity index (χ1v) is 6.78. The van der Waals surface area contributed by atoms with Gasteiger partial charge in [0.05, 0.1) is 6.54 Å². The smallest absolute Gasteiger partial charge is 0.345 e. The molecule has 0 fully saturated rings. The Labute approximate surface area is 129 Å². The van der Waals surface area contributed by atoms with E-state index >= 15 is 0 Å². The molecule has 0 bridgehead atoms. The van der Waals surface area contributed by atoms with Crippen molar-refractivity contribution >= 4 is 23.1 Å². The van der Waals surface area contributed by atoms with E-state index < -0.39 is 22.8 Å². The molecule has 0 unspecified atom stereocenters. The van der Waals surface area contributed by atoms with Crippen molar-refractivity contribution in [2.24, 2.45) is 0 Å². The van der Waals surface area contributed by atoms with Gasteiger partial charge in [-0.1, -0.05) is 29.8 Å². The number of carbonyl (C=O) groups is 1. The van der Waals surface area contributed by atoms with E-state index in [1.165, 1.54) is 15.3 Å². The number of carboxylic acids is 1. The molecule has 0 aliphatic rings. The molecule has 0 aliphatic carbocycles. The molecule has 0 spiro atoms. The minimum atomic E-state index is -1.47. The Morgan fingerprint density at radius 3 is 2.59 bits per heavy atom.